The van der Waals surface area contributed by atoms with Crippen LogP contribution >= 0.6 is 12.2 Å². The van der Waals surface area contributed by atoms with Crippen LogP contribution in [0.3, 0.4) is 0 Å². The molecule has 0 spiro atoms. The number of hydrogen-bond donors (Lipinski definition) is 3. The van der Waals surface area contributed by atoms with Gasteiger partial charge in [-0.05, 0) is 44.6 Å². The van der Waals surface area contributed by atoms with Crippen LogP contribution in [0, 0.1) is 6.92 Å². The summed E-state index contributed by atoms with van der Waals surface area (Å²) in [5.74, 6) is 0. The summed E-state index contributed by atoms with van der Waals surface area (Å²) in [6, 6.07) is 6.35. The monoisotopic (exact) mass is 223 g/mol. The smallest absolute Gasteiger partial charge is 0.168 e. The molecule has 4 heteroatoms. The molecule has 1 aromatic rings. The summed E-state index contributed by atoms with van der Waals surface area (Å²) in [4.78, 5) is 0. The van der Waals surface area contributed by atoms with E-state index in [1.807, 2.05) is 12.1 Å². The topological polar surface area (TPSA) is 50.1 Å². The fraction of sp³-hybridized carbons (Fsp3) is 0.364. The van der Waals surface area contributed by atoms with Crippen LogP contribution < -0.4 is 16.4 Å². The lowest BCUT2D eigenvalue weighted by atomic mass is 10.1. The second-order valence-corrected chi connectivity index (χ2v) is 4.23. The van der Waals surface area contributed by atoms with Gasteiger partial charge in [-0.2, -0.15) is 0 Å². The highest BCUT2D eigenvalue weighted by Crippen LogP contribution is 2.26. The lowest BCUT2D eigenvalue weighted by Crippen LogP contribution is -2.21. The van der Waals surface area contributed by atoms with E-state index in [9.17, 15) is 0 Å². The molecule has 0 saturated heterocycles. The molecule has 0 fully saturated rings. The van der Waals surface area contributed by atoms with Crippen LogP contribution in [0.4, 0.5) is 11.4 Å². The molecular formula is C11H17N3S. The first kappa shape index (κ1) is 11.8. The number of benzene rings is 1. The molecule has 0 aromatic heterocycles. The van der Waals surface area contributed by atoms with E-state index in [4.69, 9.17) is 18.0 Å². The van der Waals surface area contributed by atoms with Crippen molar-refractivity contribution >= 4 is 28.7 Å². The quantitative estimate of drug-likeness (QED) is 0.689. The summed E-state index contributed by atoms with van der Waals surface area (Å²) in [5, 5.41) is 6.62. The molecule has 3 nitrogen and oxygen atoms in total. The Morgan fingerprint density at radius 3 is 2.60 bits per heavy atom. The van der Waals surface area contributed by atoms with E-state index in [-0.39, 0.29) is 5.11 Å². The number of para-hydroxylation sites is 1. The van der Waals surface area contributed by atoms with Crippen molar-refractivity contribution in [1.29, 1.82) is 0 Å². The number of aryl methyl sites for hydroxylation is 1. The molecule has 0 aliphatic rings. The van der Waals surface area contributed by atoms with Crippen molar-refractivity contribution in [3.8, 4) is 0 Å². The van der Waals surface area contributed by atoms with Gasteiger partial charge < -0.3 is 16.4 Å². The van der Waals surface area contributed by atoms with Gasteiger partial charge in [-0.15, -0.1) is 0 Å². The maximum Gasteiger partial charge on any atom is 0.168 e. The lowest BCUT2D eigenvalue weighted by molar-refractivity contribution is 0.898. The van der Waals surface area contributed by atoms with Gasteiger partial charge in [0.05, 0.1) is 11.4 Å². The van der Waals surface area contributed by atoms with E-state index in [0.29, 0.717) is 6.04 Å². The van der Waals surface area contributed by atoms with Crippen molar-refractivity contribution in [3.05, 3.63) is 23.8 Å². The molecule has 0 aliphatic carbocycles. The summed E-state index contributed by atoms with van der Waals surface area (Å²) < 4.78 is 0. The number of rotatable bonds is 3. The molecule has 0 unspecified atom stereocenters. The Kier molecular flexibility index (Phi) is 3.91. The fourth-order valence-corrected chi connectivity index (χ4v) is 1.49. The van der Waals surface area contributed by atoms with E-state index < -0.39 is 0 Å². The lowest BCUT2D eigenvalue weighted by Gasteiger charge is -2.17. The normalized spacial score (nSPS) is 10.1. The maximum atomic E-state index is 5.47. The Labute approximate surface area is 96.1 Å². The van der Waals surface area contributed by atoms with Crippen molar-refractivity contribution in [2.45, 2.75) is 26.8 Å². The number of anilines is 2. The molecule has 15 heavy (non-hydrogen) atoms. The molecule has 0 aliphatic heterocycles. The SMILES string of the molecule is Cc1cccc(NC(N)=S)c1NC(C)C. The number of nitrogens with one attached hydrogen (secondary N) is 2. The summed E-state index contributed by atoms with van der Waals surface area (Å²) in [5.41, 5.74) is 8.62. The first-order chi connectivity index (χ1) is 7.00. The Morgan fingerprint density at radius 2 is 2.07 bits per heavy atom. The third-order valence-corrected chi connectivity index (χ3v) is 2.07. The van der Waals surface area contributed by atoms with Gasteiger partial charge in [0, 0.05) is 6.04 Å². The van der Waals surface area contributed by atoms with Gasteiger partial charge in [-0.25, -0.2) is 0 Å². The Balaban J connectivity index is 3.02. The first-order valence-corrected chi connectivity index (χ1v) is 5.34. The van der Waals surface area contributed by atoms with Crippen molar-refractivity contribution in [2.24, 2.45) is 5.73 Å². The minimum Gasteiger partial charge on any atom is -0.381 e. The maximum absolute atomic E-state index is 5.47. The van der Waals surface area contributed by atoms with Gasteiger partial charge in [-0.1, -0.05) is 12.1 Å². The summed E-state index contributed by atoms with van der Waals surface area (Å²) in [7, 11) is 0. The zero-order chi connectivity index (χ0) is 11.4. The highest BCUT2D eigenvalue weighted by molar-refractivity contribution is 7.80. The first-order valence-electron chi connectivity index (χ1n) is 4.93. The van der Waals surface area contributed by atoms with Crippen molar-refractivity contribution in [2.75, 3.05) is 10.6 Å². The molecule has 0 heterocycles. The van der Waals surface area contributed by atoms with E-state index in [0.717, 1.165) is 11.4 Å². The van der Waals surface area contributed by atoms with Gasteiger partial charge >= 0.3 is 0 Å². The van der Waals surface area contributed by atoms with E-state index >= 15 is 0 Å². The fourth-order valence-electron chi connectivity index (χ4n) is 1.38. The molecule has 0 saturated carbocycles. The van der Waals surface area contributed by atoms with Crippen LogP contribution in [0.1, 0.15) is 19.4 Å². The van der Waals surface area contributed by atoms with Crippen molar-refractivity contribution in [3.63, 3.8) is 0 Å². The number of nitrogens with two attached hydrogens (primary N) is 1. The third-order valence-electron chi connectivity index (χ3n) is 1.96. The summed E-state index contributed by atoms with van der Waals surface area (Å²) in [6.07, 6.45) is 0. The average Bonchev–Trinajstić information content (AvgIpc) is 2.09. The van der Waals surface area contributed by atoms with Crippen LogP contribution in [0.15, 0.2) is 18.2 Å². The third kappa shape index (κ3) is 3.40. The molecule has 0 radical (unpaired) electrons. The Hall–Kier alpha value is -1.29. The highest BCUT2D eigenvalue weighted by Gasteiger charge is 2.06. The highest BCUT2D eigenvalue weighted by atomic mass is 32.1. The van der Waals surface area contributed by atoms with E-state index in [1.54, 1.807) is 0 Å². The van der Waals surface area contributed by atoms with Crippen LogP contribution in [-0.2, 0) is 0 Å². The van der Waals surface area contributed by atoms with Gasteiger partial charge in [-0.3, -0.25) is 0 Å². The van der Waals surface area contributed by atoms with Crippen LogP contribution in [-0.4, -0.2) is 11.2 Å². The second kappa shape index (κ2) is 4.98. The van der Waals surface area contributed by atoms with Crippen LogP contribution in [0.2, 0.25) is 0 Å². The van der Waals surface area contributed by atoms with Crippen molar-refractivity contribution < 1.29 is 0 Å². The Morgan fingerprint density at radius 1 is 1.40 bits per heavy atom. The molecule has 4 N–H and O–H groups in total. The zero-order valence-electron chi connectivity index (χ0n) is 9.29. The predicted molar refractivity (Wildman–Crippen MR) is 70.3 cm³/mol. The van der Waals surface area contributed by atoms with Crippen LogP contribution in [0.5, 0.6) is 0 Å². The zero-order valence-corrected chi connectivity index (χ0v) is 10.1. The van der Waals surface area contributed by atoms with E-state index in [1.165, 1.54) is 5.56 Å². The summed E-state index contributed by atoms with van der Waals surface area (Å²) >= 11 is 4.83. The number of thiocarbonyl (C=S) groups is 1. The number of hydrogen-bond acceptors (Lipinski definition) is 2. The van der Waals surface area contributed by atoms with Gasteiger partial charge in [0.1, 0.15) is 0 Å². The molecular weight excluding hydrogens is 206 g/mol. The van der Waals surface area contributed by atoms with Gasteiger partial charge in [0.25, 0.3) is 0 Å². The average molecular weight is 223 g/mol. The van der Waals surface area contributed by atoms with Crippen molar-refractivity contribution in [1.82, 2.24) is 0 Å². The summed E-state index contributed by atoms with van der Waals surface area (Å²) in [6.45, 7) is 6.24. The largest absolute Gasteiger partial charge is 0.381 e. The molecule has 0 bridgehead atoms. The minimum absolute atomic E-state index is 0.285. The Bertz CT molecular complexity index is 361. The van der Waals surface area contributed by atoms with Crippen LogP contribution in [0.25, 0.3) is 0 Å². The van der Waals surface area contributed by atoms with E-state index in [2.05, 4.69) is 37.5 Å². The van der Waals surface area contributed by atoms with Gasteiger partial charge in [0.2, 0.25) is 0 Å². The second-order valence-electron chi connectivity index (χ2n) is 3.79. The molecule has 1 rings (SSSR count). The standard InChI is InChI=1S/C11H17N3S/c1-7(2)13-10-8(3)5-4-6-9(10)14-11(12)15/h4-7,13H,1-3H3,(H3,12,14,15). The molecule has 1 aromatic carbocycles. The molecule has 82 valence electrons. The molecule has 0 atom stereocenters. The van der Waals surface area contributed by atoms with Gasteiger partial charge in [0.15, 0.2) is 5.11 Å². The molecule has 0 amide bonds. The minimum atomic E-state index is 0.285. The predicted octanol–water partition coefficient (Wildman–Crippen LogP) is 2.47.